The molecule has 2 aliphatic rings. The fourth-order valence-electron chi connectivity index (χ4n) is 4.53. The molecule has 0 N–H and O–H groups in total. The summed E-state index contributed by atoms with van der Waals surface area (Å²) in [5, 5.41) is 0. The molecule has 1 saturated carbocycles. The normalized spacial score (nSPS) is 24.9. The summed E-state index contributed by atoms with van der Waals surface area (Å²) >= 11 is 0. The van der Waals surface area contributed by atoms with Crippen LogP contribution in [0.25, 0.3) is 0 Å². The smallest absolute Gasteiger partial charge is 0.340 e. The number of hydrogen-bond donors (Lipinski definition) is 0. The molecule has 7 heteroatoms. The van der Waals surface area contributed by atoms with Crippen LogP contribution >= 0.6 is 12.4 Å². The molecule has 152 valence electrons. The molecule has 27 heavy (non-hydrogen) atoms. The molecule has 0 spiro atoms. The van der Waals surface area contributed by atoms with Gasteiger partial charge in [0.15, 0.2) is 5.92 Å². The average molecular weight is 405 g/mol. The molecule has 1 heterocycles. The van der Waals surface area contributed by atoms with E-state index in [-0.39, 0.29) is 30.1 Å². The van der Waals surface area contributed by atoms with Crippen LogP contribution in [-0.2, 0) is 4.79 Å². The third-order valence-corrected chi connectivity index (χ3v) is 5.86. The van der Waals surface area contributed by atoms with Crippen molar-refractivity contribution in [2.45, 2.75) is 62.7 Å². The number of likely N-dealkylation sites (N-methyl/N-ethyl adjacent to an activating group) is 1. The molecule has 1 amide bonds. The van der Waals surface area contributed by atoms with Crippen molar-refractivity contribution in [1.82, 2.24) is 9.80 Å². The first-order valence-electron chi connectivity index (χ1n) is 9.52. The average Bonchev–Trinajstić information content (AvgIpc) is 3.15. The number of likely N-dealkylation sites (tertiary alicyclic amines) is 1. The molecule has 1 aliphatic heterocycles. The van der Waals surface area contributed by atoms with Gasteiger partial charge in [-0.3, -0.25) is 9.69 Å². The number of nitrogens with zero attached hydrogens (tertiary/aromatic N) is 2. The van der Waals surface area contributed by atoms with Gasteiger partial charge in [-0.15, -0.1) is 12.4 Å². The Bertz CT molecular complexity index is 605. The Morgan fingerprint density at radius 1 is 1.07 bits per heavy atom. The van der Waals surface area contributed by atoms with Crippen molar-refractivity contribution in [3.63, 3.8) is 0 Å². The number of benzene rings is 1. The predicted molar refractivity (Wildman–Crippen MR) is 102 cm³/mol. The van der Waals surface area contributed by atoms with Crippen LogP contribution in [-0.4, -0.2) is 54.1 Å². The molecule has 3 unspecified atom stereocenters. The van der Waals surface area contributed by atoms with Crippen molar-refractivity contribution in [2.75, 3.05) is 20.1 Å². The van der Waals surface area contributed by atoms with Crippen LogP contribution in [0.3, 0.4) is 0 Å². The molecule has 0 aromatic heterocycles. The lowest BCUT2D eigenvalue weighted by Gasteiger charge is -2.43. The van der Waals surface area contributed by atoms with Gasteiger partial charge in [0.1, 0.15) is 0 Å². The van der Waals surface area contributed by atoms with Crippen LogP contribution in [0.2, 0.25) is 0 Å². The molecule has 3 rings (SSSR count). The van der Waals surface area contributed by atoms with Crippen molar-refractivity contribution in [1.29, 1.82) is 0 Å². The second kappa shape index (κ2) is 9.28. The van der Waals surface area contributed by atoms with Crippen LogP contribution in [0.4, 0.5) is 13.2 Å². The first-order chi connectivity index (χ1) is 12.4. The van der Waals surface area contributed by atoms with Crippen LogP contribution in [0.15, 0.2) is 30.3 Å². The van der Waals surface area contributed by atoms with Crippen molar-refractivity contribution in [3.8, 4) is 0 Å². The van der Waals surface area contributed by atoms with E-state index in [4.69, 9.17) is 0 Å². The quantitative estimate of drug-likeness (QED) is 0.731. The Hall–Kier alpha value is -1.27. The Labute approximate surface area is 165 Å². The maximum Gasteiger partial charge on any atom is 0.404 e. The molecular weight excluding hydrogens is 377 g/mol. The van der Waals surface area contributed by atoms with Crippen molar-refractivity contribution < 1.29 is 18.0 Å². The standard InChI is InChI=1S/C20H27F3N2O.ClH/c1-24(16-11-5-6-12-17(16)25-13-7-8-14-25)19(26)18(20(21,22)23)15-9-3-2-4-10-15;/h2-4,9-10,16-18H,5-8,11-14H2,1H3;1H. The molecule has 2 fully saturated rings. The summed E-state index contributed by atoms with van der Waals surface area (Å²) in [7, 11) is 1.56. The maximum atomic E-state index is 13.7. The molecule has 1 aromatic carbocycles. The summed E-state index contributed by atoms with van der Waals surface area (Å²) in [5.41, 5.74) is 0.0189. The lowest BCUT2D eigenvalue weighted by atomic mass is 9.87. The summed E-state index contributed by atoms with van der Waals surface area (Å²) in [6.07, 6.45) is 1.47. The summed E-state index contributed by atoms with van der Waals surface area (Å²) in [4.78, 5) is 16.7. The van der Waals surface area contributed by atoms with Gasteiger partial charge < -0.3 is 4.90 Å². The van der Waals surface area contributed by atoms with E-state index < -0.39 is 18.0 Å². The summed E-state index contributed by atoms with van der Waals surface area (Å²) in [6.45, 7) is 1.98. The van der Waals surface area contributed by atoms with E-state index >= 15 is 0 Å². The van der Waals surface area contributed by atoms with Crippen LogP contribution in [0.5, 0.6) is 0 Å². The molecule has 3 nitrogen and oxygen atoms in total. The number of carbonyl (C=O) groups excluding carboxylic acids is 1. The lowest BCUT2D eigenvalue weighted by molar-refractivity contribution is -0.173. The molecule has 0 bridgehead atoms. The van der Waals surface area contributed by atoms with Crippen LogP contribution in [0, 0.1) is 0 Å². The monoisotopic (exact) mass is 404 g/mol. The summed E-state index contributed by atoms with van der Waals surface area (Å²) in [5.74, 6) is -2.92. The number of alkyl halides is 3. The van der Waals surface area contributed by atoms with Gasteiger partial charge in [0.25, 0.3) is 0 Å². The van der Waals surface area contributed by atoms with Gasteiger partial charge in [-0.05, 0) is 44.3 Å². The van der Waals surface area contributed by atoms with Gasteiger partial charge in [-0.25, -0.2) is 0 Å². The van der Waals surface area contributed by atoms with E-state index in [1.165, 1.54) is 17.0 Å². The lowest BCUT2D eigenvalue weighted by Crippen LogP contribution is -2.55. The second-order valence-electron chi connectivity index (χ2n) is 7.50. The van der Waals surface area contributed by atoms with Crippen molar-refractivity contribution in [2.24, 2.45) is 0 Å². The van der Waals surface area contributed by atoms with Crippen LogP contribution < -0.4 is 0 Å². The Balaban J connectivity index is 0.00000261. The zero-order valence-electron chi connectivity index (χ0n) is 15.6. The third-order valence-electron chi connectivity index (χ3n) is 5.86. The molecule has 1 aromatic rings. The van der Waals surface area contributed by atoms with Gasteiger partial charge in [-0.2, -0.15) is 13.2 Å². The summed E-state index contributed by atoms with van der Waals surface area (Å²) < 4.78 is 41.2. The zero-order valence-corrected chi connectivity index (χ0v) is 16.4. The first-order valence-corrected chi connectivity index (χ1v) is 9.52. The van der Waals surface area contributed by atoms with Crippen molar-refractivity contribution >= 4 is 18.3 Å². The van der Waals surface area contributed by atoms with Gasteiger partial charge in [0.2, 0.25) is 5.91 Å². The number of carbonyl (C=O) groups is 1. The highest BCUT2D eigenvalue weighted by atomic mass is 35.5. The van der Waals surface area contributed by atoms with Gasteiger partial charge in [-0.1, -0.05) is 43.2 Å². The van der Waals surface area contributed by atoms with Gasteiger partial charge in [0, 0.05) is 19.1 Å². The first kappa shape index (κ1) is 22.0. The molecule has 1 aliphatic carbocycles. The predicted octanol–water partition coefficient (Wildman–Crippen LogP) is 4.62. The van der Waals surface area contributed by atoms with Gasteiger partial charge >= 0.3 is 6.18 Å². The third kappa shape index (κ3) is 4.96. The number of rotatable bonds is 4. The van der Waals surface area contributed by atoms with Crippen molar-refractivity contribution in [3.05, 3.63) is 35.9 Å². The number of hydrogen-bond acceptors (Lipinski definition) is 2. The molecule has 0 radical (unpaired) electrons. The number of amides is 1. The highest BCUT2D eigenvalue weighted by molar-refractivity contribution is 5.85. The Kier molecular flexibility index (Phi) is 7.57. The van der Waals surface area contributed by atoms with E-state index in [0.29, 0.717) is 0 Å². The maximum absolute atomic E-state index is 13.7. The highest BCUT2D eigenvalue weighted by Crippen LogP contribution is 2.38. The molecule has 1 saturated heterocycles. The number of halogens is 4. The molecule has 3 atom stereocenters. The van der Waals surface area contributed by atoms with E-state index in [2.05, 4.69) is 4.90 Å². The largest absolute Gasteiger partial charge is 0.404 e. The van der Waals surface area contributed by atoms with E-state index in [1.807, 2.05) is 0 Å². The SMILES string of the molecule is CN(C(=O)C(c1ccccc1)C(F)(F)F)C1CCCCC1N1CCCC1.Cl. The Morgan fingerprint density at radius 3 is 2.26 bits per heavy atom. The topological polar surface area (TPSA) is 23.6 Å². The fraction of sp³-hybridized carbons (Fsp3) is 0.650. The van der Waals surface area contributed by atoms with E-state index in [1.54, 1.807) is 25.2 Å². The van der Waals surface area contributed by atoms with Crippen LogP contribution in [0.1, 0.15) is 50.0 Å². The minimum Gasteiger partial charge on any atom is -0.340 e. The van der Waals surface area contributed by atoms with E-state index in [0.717, 1.165) is 51.6 Å². The Morgan fingerprint density at radius 2 is 1.67 bits per heavy atom. The van der Waals surface area contributed by atoms with Gasteiger partial charge in [0.05, 0.1) is 0 Å². The second-order valence-corrected chi connectivity index (χ2v) is 7.50. The minimum atomic E-state index is -4.59. The highest BCUT2D eigenvalue weighted by Gasteiger charge is 2.49. The summed E-state index contributed by atoms with van der Waals surface area (Å²) in [6, 6.07) is 7.60. The fourth-order valence-corrected chi connectivity index (χ4v) is 4.53. The molecular formula is C20H28ClF3N2O. The van der Waals surface area contributed by atoms with E-state index in [9.17, 15) is 18.0 Å². The minimum absolute atomic E-state index is 0. The zero-order chi connectivity index (χ0) is 18.7.